The first-order chi connectivity index (χ1) is 13.3. The van der Waals surface area contributed by atoms with E-state index in [1.54, 1.807) is 0 Å². The number of rotatable bonds is 9. The number of carbonyl (C=O) groups excluding carboxylic acids is 1. The van der Waals surface area contributed by atoms with E-state index in [1.807, 2.05) is 30.3 Å². The van der Waals surface area contributed by atoms with Crippen LogP contribution in [0.4, 0.5) is 5.69 Å². The van der Waals surface area contributed by atoms with E-state index in [9.17, 15) is 24.8 Å². The highest BCUT2D eigenvalue weighted by atomic mass is 16.6. The van der Waals surface area contributed by atoms with Crippen molar-refractivity contribution in [3.8, 4) is 0 Å². The zero-order valence-corrected chi connectivity index (χ0v) is 15.1. The van der Waals surface area contributed by atoms with Crippen LogP contribution in [-0.2, 0) is 11.3 Å². The van der Waals surface area contributed by atoms with Gasteiger partial charge in [0.05, 0.1) is 29.8 Å². The summed E-state index contributed by atoms with van der Waals surface area (Å²) in [7, 11) is 1.40. The van der Waals surface area contributed by atoms with Gasteiger partial charge in [-0.15, -0.1) is 0 Å². The first-order valence-corrected chi connectivity index (χ1v) is 8.36. The van der Waals surface area contributed by atoms with Crippen molar-refractivity contribution in [1.82, 2.24) is 4.90 Å². The van der Waals surface area contributed by atoms with Crippen LogP contribution in [0.1, 0.15) is 26.3 Å². The lowest BCUT2D eigenvalue weighted by Gasteiger charge is -2.21. The van der Waals surface area contributed by atoms with Crippen molar-refractivity contribution in [2.24, 2.45) is 0 Å². The standard InChI is InChI=1S/C19H20N2O7/c1-20(10-17(22)12-28-11-13-5-3-2-4-6-13)18(23)14-7-15(19(24)25)9-16(8-14)21(26)27/h2-9,17,22H,10-12H2,1H3,(H,24,25). The molecule has 1 unspecified atom stereocenters. The average molecular weight is 388 g/mol. The van der Waals surface area contributed by atoms with Crippen LogP contribution in [0, 0.1) is 10.1 Å². The highest BCUT2D eigenvalue weighted by molar-refractivity contribution is 5.98. The predicted molar refractivity (Wildman–Crippen MR) is 99.1 cm³/mol. The van der Waals surface area contributed by atoms with Crippen molar-refractivity contribution in [2.45, 2.75) is 12.7 Å². The maximum absolute atomic E-state index is 12.5. The number of non-ortho nitro benzene ring substituents is 1. The van der Waals surface area contributed by atoms with E-state index in [4.69, 9.17) is 9.84 Å². The molecule has 2 rings (SSSR count). The molecule has 9 nitrogen and oxygen atoms in total. The van der Waals surface area contributed by atoms with Crippen LogP contribution >= 0.6 is 0 Å². The number of hydrogen-bond donors (Lipinski definition) is 2. The van der Waals surface area contributed by atoms with Gasteiger partial charge in [0.25, 0.3) is 11.6 Å². The summed E-state index contributed by atoms with van der Waals surface area (Å²) in [4.78, 5) is 35.0. The summed E-state index contributed by atoms with van der Waals surface area (Å²) in [5.41, 5.74) is -0.0653. The number of carbonyl (C=O) groups is 2. The number of amides is 1. The van der Waals surface area contributed by atoms with E-state index >= 15 is 0 Å². The number of carboxylic acids is 1. The molecule has 1 amide bonds. The molecule has 0 bridgehead atoms. The van der Waals surface area contributed by atoms with E-state index in [1.165, 1.54) is 7.05 Å². The molecule has 2 aromatic rings. The summed E-state index contributed by atoms with van der Waals surface area (Å²) in [6.07, 6.45) is -0.977. The SMILES string of the molecule is CN(CC(O)COCc1ccccc1)C(=O)c1cc(C(=O)O)cc([N+](=O)[O-])c1. The van der Waals surface area contributed by atoms with Gasteiger partial charge in [-0.1, -0.05) is 30.3 Å². The maximum Gasteiger partial charge on any atom is 0.335 e. The maximum atomic E-state index is 12.5. The molecule has 0 aliphatic heterocycles. The second kappa shape index (κ2) is 9.58. The fourth-order valence-electron chi connectivity index (χ4n) is 2.52. The van der Waals surface area contributed by atoms with Crippen molar-refractivity contribution >= 4 is 17.6 Å². The van der Waals surface area contributed by atoms with Crippen LogP contribution < -0.4 is 0 Å². The monoisotopic (exact) mass is 388 g/mol. The Balaban J connectivity index is 1.97. The smallest absolute Gasteiger partial charge is 0.335 e. The van der Waals surface area contributed by atoms with Gasteiger partial charge in [0, 0.05) is 31.3 Å². The first kappa shape index (κ1) is 21.0. The van der Waals surface area contributed by atoms with Crippen molar-refractivity contribution < 1.29 is 29.5 Å². The quantitative estimate of drug-likeness (QED) is 0.496. The Kier molecular flexibility index (Phi) is 7.19. The van der Waals surface area contributed by atoms with E-state index in [0.29, 0.717) is 6.61 Å². The molecule has 0 saturated heterocycles. The molecule has 0 spiro atoms. The second-order valence-corrected chi connectivity index (χ2v) is 6.17. The summed E-state index contributed by atoms with van der Waals surface area (Å²) in [5.74, 6) is -2.02. The van der Waals surface area contributed by atoms with E-state index < -0.39 is 28.6 Å². The molecule has 0 heterocycles. The lowest BCUT2D eigenvalue weighted by molar-refractivity contribution is -0.384. The molecule has 0 aliphatic carbocycles. The van der Waals surface area contributed by atoms with Gasteiger partial charge in [-0.3, -0.25) is 14.9 Å². The lowest BCUT2D eigenvalue weighted by Crippen LogP contribution is -2.36. The Morgan fingerprint density at radius 1 is 1.18 bits per heavy atom. The molecule has 148 valence electrons. The van der Waals surface area contributed by atoms with Gasteiger partial charge in [-0.25, -0.2) is 4.79 Å². The summed E-state index contributed by atoms with van der Waals surface area (Å²) < 4.78 is 5.41. The minimum absolute atomic E-state index is 0.0121. The molecule has 9 heteroatoms. The summed E-state index contributed by atoms with van der Waals surface area (Å²) in [6, 6.07) is 12.3. The van der Waals surface area contributed by atoms with Crippen molar-refractivity contribution in [1.29, 1.82) is 0 Å². The minimum atomic E-state index is -1.38. The zero-order valence-electron chi connectivity index (χ0n) is 15.1. The molecular formula is C19H20N2O7. The molecular weight excluding hydrogens is 368 g/mol. The van der Waals surface area contributed by atoms with Crippen LogP contribution in [0.3, 0.4) is 0 Å². The molecule has 0 aromatic heterocycles. The number of hydrogen-bond acceptors (Lipinski definition) is 6. The third-order valence-corrected chi connectivity index (χ3v) is 3.88. The van der Waals surface area contributed by atoms with Gasteiger partial charge in [-0.05, 0) is 11.6 Å². The minimum Gasteiger partial charge on any atom is -0.478 e. The van der Waals surface area contributed by atoms with E-state index in [2.05, 4.69) is 0 Å². The lowest BCUT2D eigenvalue weighted by atomic mass is 10.1. The number of ether oxygens (including phenoxy) is 1. The summed E-state index contributed by atoms with van der Waals surface area (Å²) in [5, 5.41) is 30.1. The number of aromatic carboxylic acids is 1. The summed E-state index contributed by atoms with van der Waals surface area (Å²) >= 11 is 0. The van der Waals surface area contributed by atoms with Gasteiger partial charge in [0.1, 0.15) is 0 Å². The van der Waals surface area contributed by atoms with Crippen molar-refractivity contribution in [3.63, 3.8) is 0 Å². The van der Waals surface area contributed by atoms with Crippen LogP contribution in [0.2, 0.25) is 0 Å². The van der Waals surface area contributed by atoms with Crippen LogP contribution in [0.5, 0.6) is 0 Å². The summed E-state index contributed by atoms with van der Waals surface area (Å²) in [6.45, 7) is 0.211. The van der Waals surface area contributed by atoms with Crippen LogP contribution in [0.15, 0.2) is 48.5 Å². The fourth-order valence-corrected chi connectivity index (χ4v) is 2.52. The Morgan fingerprint density at radius 3 is 2.43 bits per heavy atom. The van der Waals surface area contributed by atoms with E-state index in [0.717, 1.165) is 28.7 Å². The molecule has 0 saturated carbocycles. The van der Waals surface area contributed by atoms with E-state index in [-0.39, 0.29) is 24.3 Å². The van der Waals surface area contributed by atoms with Gasteiger partial charge in [0.15, 0.2) is 0 Å². The zero-order chi connectivity index (χ0) is 20.7. The highest BCUT2D eigenvalue weighted by Gasteiger charge is 2.21. The Morgan fingerprint density at radius 2 is 1.82 bits per heavy atom. The van der Waals surface area contributed by atoms with Crippen LogP contribution in [0.25, 0.3) is 0 Å². The largest absolute Gasteiger partial charge is 0.478 e. The Hall–Kier alpha value is -3.30. The number of aliphatic hydroxyl groups excluding tert-OH is 1. The fraction of sp³-hybridized carbons (Fsp3) is 0.263. The molecule has 2 aromatic carbocycles. The number of nitrogens with zero attached hydrogens (tertiary/aromatic N) is 2. The molecule has 28 heavy (non-hydrogen) atoms. The number of aliphatic hydroxyl groups is 1. The number of benzene rings is 2. The third-order valence-electron chi connectivity index (χ3n) is 3.88. The van der Waals surface area contributed by atoms with Crippen molar-refractivity contribution in [3.05, 3.63) is 75.3 Å². The number of likely N-dealkylation sites (N-methyl/N-ethyl adjacent to an activating group) is 1. The number of carboxylic acid groups (broad SMARTS) is 1. The molecule has 2 N–H and O–H groups in total. The third kappa shape index (κ3) is 5.86. The molecule has 0 fully saturated rings. The second-order valence-electron chi connectivity index (χ2n) is 6.17. The van der Waals surface area contributed by atoms with Gasteiger partial charge in [-0.2, -0.15) is 0 Å². The van der Waals surface area contributed by atoms with Crippen molar-refractivity contribution in [2.75, 3.05) is 20.2 Å². The topological polar surface area (TPSA) is 130 Å². The van der Waals surface area contributed by atoms with Crippen LogP contribution in [-0.4, -0.2) is 58.2 Å². The van der Waals surface area contributed by atoms with Gasteiger partial charge in [0.2, 0.25) is 0 Å². The molecule has 0 aliphatic rings. The highest BCUT2D eigenvalue weighted by Crippen LogP contribution is 2.19. The first-order valence-electron chi connectivity index (χ1n) is 8.36. The predicted octanol–water partition coefficient (Wildman–Crippen LogP) is 1.94. The van der Waals surface area contributed by atoms with Gasteiger partial charge >= 0.3 is 5.97 Å². The normalized spacial score (nSPS) is 11.6. The average Bonchev–Trinajstić information content (AvgIpc) is 2.67. The molecule has 1 atom stereocenters. The Labute approximate surface area is 160 Å². The van der Waals surface area contributed by atoms with Gasteiger partial charge < -0.3 is 19.8 Å². The molecule has 0 radical (unpaired) electrons. The number of nitro groups is 1. The Bertz CT molecular complexity index is 822. The number of nitro benzene ring substituents is 1.